The molecular formula is C19H21ClN2O2S. The van der Waals surface area contributed by atoms with E-state index < -0.39 is 0 Å². The highest BCUT2D eigenvalue weighted by atomic mass is 35.5. The summed E-state index contributed by atoms with van der Waals surface area (Å²) in [5.41, 5.74) is 4.18. The van der Waals surface area contributed by atoms with Crippen molar-refractivity contribution in [1.29, 1.82) is 0 Å². The first-order valence-electron chi connectivity index (χ1n) is 8.19. The van der Waals surface area contributed by atoms with Gasteiger partial charge in [0.2, 0.25) is 6.79 Å². The molecule has 6 heteroatoms. The van der Waals surface area contributed by atoms with Gasteiger partial charge in [-0.1, -0.05) is 23.7 Å². The molecule has 0 amide bonds. The lowest BCUT2D eigenvalue weighted by Crippen LogP contribution is -2.34. The molecule has 4 nitrogen and oxygen atoms in total. The molecular weight excluding hydrogens is 356 g/mol. The highest BCUT2D eigenvalue weighted by Gasteiger charge is 2.16. The van der Waals surface area contributed by atoms with Gasteiger partial charge >= 0.3 is 0 Å². The van der Waals surface area contributed by atoms with E-state index in [0.29, 0.717) is 16.7 Å². The first-order chi connectivity index (χ1) is 12.0. The number of nitrogens with one attached hydrogen (secondary N) is 1. The van der Waals surface area contributed by atoms with Gasteiger partial charge in [-0.25, -0.2) is 0 Å². The maximum atomic E-state index is 6.38. The fraction of sp³-hybridized carbons (Fsp3) is 0.316. The number of hydrogen-bond donors (Lipinski definition) is 1. The number of ether oxygens (including phenoxy) is 2. The van der Waals surface area contributed by atoms with Crippen molar-refractivity contribution >= 4 is 34.6 Å². The molecule has 0 bridgehead atoms. The molecule has 0 saturated carbocycles. The molecule has 0 aliphatic carbocycles. The zero-order valence-corrected chi connectivity index (χ0v) is 16.1. The van der Waals surface area contributed by atoms with E-state index in [1.807, 2.05) is 38.1 Å². The normalized spacial score (nSPS) is 12.2. The summed E-state index contributed by atoms with van der Waals surface area (Å²) in [5.74, 6) is 1.57. The molecule has 0 atom stereocenters. The van der Waals surface area contributed by atoms with Crippen molar-refractivity contribution in [2.75, 3.05) is 18.7 Å². The van der Waals surface area contributed by atoms with E-state index in [0.717, 1.165) is 40.4 Å². The maximum absolute atomic E-state index is 6.38. The van der Waals surface area contributed by atoms with Gasteiger partial charge in [-0.05, 0) is 67.9 Å². The van der Waals surface area contributed by atoms with Crippen LogP contribution in [0.5, 0.6) is 11.5 Å². The third kappa shape index (κ3) is 3.99. The molecule has 1 N–H and O–H groups in total. The molecule has 0 unspecified atom stereocenters. The molecule has 1 aliphatic heterocycles. The van der Waals surface area contributed by atoms with E-state index in [1.165, 1.54) is 0 Å². The third-order valence-corrected chi connectivity index (χ3v) is 4.80. The van der Waals surface area contributed by atoms with Gasteiger partial charge in [-0.3, -0.25) is 0 Å². The summed E-state index contributed by atoms with van der Waals surface area (Å²) in [6.07, 6.45) is 0. The van der Waals surface area contributed by atoms with Crippen LogP contribution in [0, 0.1) is 13.8 Å². The Labute approximate surface area is 158 Å². The predicted molar refractivity (Wildman–Crippen MR) is 106 cm³/mol. The third-order valence-electron chi connectivity index (χ3n) is 4.14. The lowest BCUT2D eigenvalue weighted by atomic mass is 10.1. The standard InChI is InChI=1S/C19H21ClN2O2S/c1-4-22(10-14-5-6-16-17(9-14)24-11-23-16)19(25)21-18-13(3)7-12(2)8-15(18)20/h5-9H,4,10-11H2,1-3H3,(H,21,25). The van der Waals surface area contributed by atoms with Gasteiger partial charge in [-0.2, -0.15) is 0 Å². The number of thiocarbonyl (C=S) groups is 1. The van der Waals surface area contributed by atoms with Crippen molar-refractivity contribution in [3.63, 3.8) is 0 Å². The second-order valence-electron chi connectivity index (χ2n) is 6.07. The van der Waals surface area contributed by atoms with E-state index in [2.05, 4.69) is 23.2 Å². The van der Waals surface area contributed by atoms with Gasteiger partial charge in [0.1, 0.15) is 0 Å². The summed E-state index contributed by atoms with van der Waals surface area (Å²) in [5, 5.41) is 4.63. The molecule has 132 valence electrons. The van der Waals surface area contributed by atoms with Crippen LogP contribution in [-0.4, -0.2) is 23.4 Å². The van der Waals surface area contributed by atoms with Gasteiger partial charge in [0.15, 0.2) is 16.6 Å². The summed E-state index contributed by atoms with van der Waals surface area (Å²) in [4.78, 5) is 2.09. The van der Waals surface area contributed by atoms with Crippen molar-refractivity contribution in [1.82, 2.24) is 4.90 Å². The first kappa shape index (κ1) is 17.8. The summed E-state index contributed by atoms with van der Waals surface area (Å²) >= 11 is 12.0. The van der Waals surface area contributed by atoms with Gasteiger partial charge in [0, 0.05) is 13.1 Å². The Morgan fingerprint density at radius 1 is 1.20 bits per heavy atom. The first-order valence-corrected chi connectivity index (χ1v) is 8.97. The van der Waals surface area contributed by atoms with Crippen LogP contribution in [0.2, 0.25) is 5.02 Å². The Balaban J connectivity index is 1.74. The molecule has 0 aromatic heterocycles. The van der Waals surface area contributed by atoms with Crippen LogP contribution >= 0.6 is 23.8 Å². The zero-order valence-electron chi connectivity index (χ0n) is 14.6. The van der Waals surface area contributed by atoms with Crippen LogP contribution < -0.4 is 14.8 Å². The molecule has 25 heavy (non-hydrogen) atoms. The highest BCUT2D eigenvalue weighted by Crippen LogP contribution is 2.33. The van der Waals surface area contributed by atoms with Gasteiger partial charge in [0.05, 0.1) is 10.7 Å². The SMILES string of the molecule is CCN(Cc1ccc2c(c1)OCO2)C(=S)Nc1c(C)cc(C)cc1Cl. The smallest absolute Gasteiger partial charge is 0.231 e. The number of benzene rings is 2. The summed E-state index contributed by atoms with van der Waals surface area (Å²) < 4.78 is 10.8. The lowest BCUT2D eigenvalue weighted by molar-refractivity contribution is 0.174. The summed E-state index contributed by atoms with van der Waals surface area (Å²) in [6.45, 7) is 7.87. The number of hydrogen-bond acceptors (Lipinski definition) is 3. The maximum Gasteiger partial charge on any atom is 0.231 e. The van der Waals surface area contributed by atoms with Crippen LogP contribution in [-0.2, 0) is 6.54 Å². The van der Waals surface area contributed by atoms with E-state index in [9.17, 15) is 0 Å². The van der Waals surface area contributed by atoms with Crippen molar-refractivity contribution in [2.24, 2.45) is 0 Å². The van der Waals surface area contributed by atoms with E-state index in [4.69, 9.17) is 33.3 Å². The predicted octanol–water partition coefficient (Wildman–Crippen LogP) is 4.90. The number of halogens is 1. The fourth-order valence-corrected chi connectivity index (χ4v) is 3.51. The van der Waals surface area contributed by atoms with Gasteiger partial charge in [-0.15, -0.1) is 0 Å². The number of anilines is 1. The fourth-order valence-electron chi connectivity index (χ4n) is 2.85. The molecule has 0 saturated heterocycles. The van der Waals surface area contributed by atoms with Crippen LogP contribution in [0.3, 0.4) is 0 Å². The Hall–Kier alpha value is -1.98. The van der Waals surface area contributed by atoms with Crippen molar-refractivity contribution < 1.29 is 9.47 Å². The number of aryl methyl sites for hydroxylation is 2. The Morgan fingerprint density at radius 3 is 2.68 bits per heavy atom. The molecule has 1 heterocycles. The van der Waals surface area contributed by atoms with Crippen molar-refractivity contribution in [3.8, 4) is 11.5 Å². The lowest BCUT2D eigenvalue weighted by Gasteiger charge is -2.25. The molecule has 0 fully saturated rings. The number of fused-ring (bicyclic) bond motifs is 1. The molecule has 1 aliphatic rings. The van der Waals surface area contributed by atoms with Crippen LogP contribution in [0.4, 0.5) is 5.69 Å². The van der Waals surface area contributed by atoms with Crippen LogP contribution in [0.1, 0.15) is 23.6 Å². The highest BCUT2D eigenvalue weighted by molar-refractivity contribution is 7.80. The second kappa shape index (κ2) is 7.50. The Morgan fingerprint density at radius 2 is 1.96 bits per heavy atom. The average Bonchev–Trinajstić information content (AvgIpc) is 3.03. The van der Waals surface area contributed by atoms with Gasteiger partial charge in [0.25, 0.3) is 0 Å². The zero-order chi connectivity index (χ0) is 18.0. The average molecular weight is 377 g/mol. The topological polar surface area (TPSA) is 33.7 Å². The minimum absolute atomic E-state index is 0.279. The summed E-state index contributed by atoms with van der Waals surface area (Å²) in [7, 11) is 0. The number of rotatable bonds is 4. The second-order valence-corrected chi connectivity index (χ2v) is 6.86. The van der Waals surface area contributed by atoms with E-state index >= 15 is 0 Å². The van der Waals surface area contributed by atoms with Crippen molar-refractivity contribution in [2.45, 2.75) is 27.3 Å². The minimum atomic E-state index is 0.279. The summed E-state index contributed by atoms with van der Waals surface area (Å²) in [6, 6.07) is 9.99. The van der Waals surface area contributed by atoms with E-state index in [1.54, 1.807) is 0 Å². The minimum Gasteiger partial charge on any atom is -0.454 e. The molecule has 0 spiro atoms. The van der Waals surface area contributed by atoms with Crippen molar-refractivity contribution in [3.05, 3.63) is 52.0 Å². The Bertz CT molecular complexity index is 787. The van der Waals surface area contributed by atoms with Gasteiger partial charge < -0.3 is 19.7 Å². The number of nitrogens with zero attached hydrogens (tertiary/aromatic N) is 1. The quantitative estimate of drug-likeness (QED) is 0.767. The van der Waals surface area contributed by atoms with Crippen LogP contribution in [0.15, 0.2) is 30.3 Å². The molecule has 3 rings (SSSR count). The largest absolute Gasteiger partial charge is 0.454 e. The monoisotopic (exact) mass is 376 g/mol. The van der Waals surface area contributed by atoms with Crippen LogP contribution in [0.25, 0.3) is 0 Å². The Kier molecular flexibility index (Phi) is 5.35. The molecule has 2 aromatic rings. The molecule has 0 radical (unpaired) electrons. The molecule has 2 aromatic carbocycles. The van der Waals surface area contributed by atoms with E-state index in [-0.39, 0.29) is 6.79 Å².